The highest BCUT2D eigenvalue weighted by Gasteiger charge is 2.31. The van der Waals surface area contributed by atoms with E-state index in [0.29, 0.717) is 17.7 Å². The zero-order valence-corrected chi connectivity index (χ0v) is 9.89. The summed E-state index contributed by atoms with van der Waals surface area (Å²) in [4.78, 5) is 0. The molecule has 0 saturated carbocycles. The van der Waals surface area contributed by atoms with Crippen LogP contribution in [-0.2, 0) is 12.6 Å². The van der Waals surface area contributed by atoms with Crippen molar-refractivity contribution in [2.24, 2.45) is 5.92 Å². The van der Waals surface area contributed by atoms with Crippen molar-refractivity contribution in [2.45, 2.75) is 18.7 Å². The summed E-state index contributed by atoms with van der Waals surface area (Å²) < 4.78 is 37.5. The van der Waals surface area contributed by atoms with Gasteiger partial charge in [-0.25, -0.2) is 0 Å². The fourth-order valence-corrected chi connectivity index (χ4v) is 3.25. The van der Waals surface area contributed by atoms with Crippen molar-refractivity contribution in [1.82, 2.24) is 0 Å². The van der Waals surface area contributed by atoms with Crippen molar-refractivity contribution in [3.63, 3.8) is 0 Å². The lowest BCUT2D eigenvalue weighted by atomic mass is 9.96. The monoisotopic (exact) mass is 262 g/mol. The minimum atomic E-state index is -4.29. The summed E-state index contributed by atoms with van der Waals surface area (Å²) in [6.45, 7) is 0. The first-order valence-corrected chi connectivity index (χ1v) is 6.54. The number of rotatable bonds is 2. The van der Waals surface area contributed by atoms with Gasteiger partial charge >= 0.3 is 6.18 Å². The first-order chi connectivity index (χ1) is 7.97. The first-order valence-electron chi connectivity index (χ1n) is 5.39. The molecule has 2 atom stereocenters. The van der Waals surface area contributed by atoms with Crippen molar-refractivity contribution in [2.75, 3.05) is 11.5 Å². The molecule has 0 amide bonds. The van der Waals surface area contributed by atoms with Crippen molar-refractivity contribution in [1.29, 1.82) is 0 Å². The van der Waals surface area contributed by atoms with Crippen LogP contribution in [0.2, 0.25) is 0 Å². The predicted molar refractivity (Wildman–Crippen MR) is 62.0 cm³/mol. The maximum Gasteiger partial charge on any atom is 0.416 e. The summed E-state index contributed by atoms with van der Waals surface area (Å²) in [7, 11) is 0. The Morgan fingerprint density at radius 3 is 2.65 bits per heavy atom. The van der Waals surface area contributed by atoms with Gasteiger partial charge in [0.15, 0.2) is 0 Å². The van der Waals surface area contributed by atoms with Gasteiger partial charge in [-0.15, -0.1) is 0 Å². The largest absolute Gasteiger partial charge is 0.416 e. The summed E-state index contributed by atoms with van der Waals surface area (Å²) in [5, 5.41) is 9.64. The topological polar surface area (TPSA) is 20.2 Å². The molecule has 2 unspecified atom stereocenters. The Hall–Kier alpha value is -0.680. The summed E-state index contributed by atoms with van der Waals surface area (Å²) in [5.41, 5.74) is 0.0292. The van der Waals surface area contributed by atoms with Gasteiger partial charge in [-0.05, 0) is 29.7 Å². The van der Waals surface area contributed by atoms with E-state index >= 15 is 0 Å². The van der Waals surface area contributed by atoms with Crippen LogP contribution in [0.1, 0.15) is 11.1 Å². The number of benzene rings is 1. The molecule has 1 aromatic carbocycles. The molecular weight excluding hydrogens is 249 g/mol. The molecule has 0 radical (unpaired) electrons. The molecule has 2 rings (SSSR count). The Bertz CT molecular complexity index is 392. The minimum Gasteiger partial charge on any atom is -0.392 e. The van der Waals surface area contributed by atoms with Crippen LogP contribution in [0.15, 0.2) is 24.3 Å². The molecule has 17 heavy (non-hydrogen) atoms. The molecule has 1 saturated heterocycles. The van der Waals surface area contributed by atoms with Crippen LogP contribution in [0, 0.1) is 5.92 Å². The smallest absolute Gasteiger partial charge is 0.392 e. The molecule has 1 fully saturated rings. The van der Waals surface area contributed by atoms with Gasteiger partial charge in [-0.2, -0.15) is 24.9 Å². The summed E-state index contributed by atoms with van der Waals surface area (Å²) >= 11 is 1.65. The molecule has 1 aliphatic heterocycles. The molecule has 0 aliphatic carbocycles. The maximum absolute atomic E-state index is 12.5. The van der Waals surface area contributed by atoms with Crippen molar-refractivity contribution >= 4 is 11.8 Å². The quantitative estimate of drug-likeness (QED) is 0.884. The van der Waals surface area contributed by atoms with Gasteiger partial charge in [0, 0.05) is 5.75 Å². The van der Waals surface area contributed by atoms with Crippen LogP contribution < -0.4 is 0 Å². The fourth-order valence-electron chi connectivity index (χ4n) is 1.96. The normalized spacial score (nSPS) is 25.2. The van der Waals surface area contributed by atoms with E-state index in [4.69, 9.17) is 0 Å². The predicted octanol–water partition coefficient (Wildman–Crippen LogP) is 2.97. The van der Waals surface area contributed by atoms with E-state index in [2.05, 4.69) is 0 Å². The highest BCUT2D eigenvalue weighted by Crippen LogP contribution is 2.31. The maximum atomic E-state index is 12.5. The van der Waals surface area contributed by atoms with E-state index < -0.39 is 17.8 Å². The Balaban J connectivity index is 2.11. The number of alkyl halides is 3. The average molecular weight is 262 g/mol. The van der Waals surface area contributed by atoms with E-state index in [-0.39, 0.29) is 5.92 Å². The standard InChI is InChI=1S/C12H13F3OS/c13-12(14,15)10-3-1-2-8(5-10)4-9-6-17-7-11(9)16/h1-3,5,9,11,16H,4,6-7H2. The number of aliphatic hydroxyl groups is 1. The van der Waals surface area contributed by atoms with Gasteiger partial charge in [-0.1, -0.05) is 18.2 Å². The third-order valence-electron chi connectivity index (χ3n) is 2.92. The fraction of sp³-hybridized carbons (Fsp3) is 0.500. The number of hydrogen-bond acceptors (Lipinski definition) is 2. The second-order valence-electron chi connectivity index (χ2n) is 4.27. The first kappa shape index (κ1) is 12.8. The Labute approximate surface area is 102 Å². The Morgan fingerprint density at radius 2 is 2.06 bits per heavy atom. The summed E-state index contributed by atoms with van der Waals surface area (Å²) in [6.07, 6.45) is -4.17. The number of thioether (sulfide) groups is 1. The van der Waals surface area contributed by atoms with Crippen LogP contribution >= 0.6 is 11.8 Å². The number of halogens is 3. The number of hydrogen-bond donors (Lipinski definition) is 1. The molecule has 0 bridgehead atoms. The molecule has 1 heterocycles. The lowest BCUT2D eigenvalue weighted by molar-refractivity contribution is -0.137. The van der Waals surface area contributed by atoms with Crippen molar-refractivity contribution < 1.29 is 18.3 Å². The highest BCUT2D eigenvalue weighted by atomic mass is 32.2. The molecule has 5 heteroatoms. The van der Waals surface area contributed by atoms with Gasteiger partial charge in [0.2, 0.25) is 0 Å². The van der Waals surface area contributed by atoms with Gasteiger partial charge in [-0.3, -0.25) is 0 Å². The summed E-state index contributed by atoms with van der Waals surface area (Å²) in [5.74, 6) is 1.57. The van der Waals surface area contributed by atoms with Crippen LogP contribution in [0.3, 0.4) is 0 Å². The second kappa shape index (κ2) is 4.90. The SMILES string of the molecule is OC1CSCC1Cc1cccc(C(F)(F)F)c1. The van der Waals surface area contributed by atoms with Crippen molar-refractivity contribution in [3.8, 4) is 0 Å². The zero-order valence-electron chi connectivity index (χ0n) is 9.07. The second-order valence-corrected chi connectivity index (χ2v) is 5.34. The van der Waals surface area contributed by atoms with E-state index in [1.165, 1.54) is 12.1 Å². The third-order valence-corrected chi connectivity index (χ3v) is 4.16. The molecular formula is C12H13F3OS. The molecule has 1 aliphatic rings. The Kier molecular flexibility index (Phi) is 3.68. The highest BCUT2D eigenvalue weighted by molar-refractivity contribution is 7.99. The Morgan fingerprint density at radius 1 is 1.29 bits per heavy atom. The summed E-state index contributed by atoms with van der Waals surface area (Å²) in [6, 6.07) is 5.36. The molecule has 1 N–H and O–H groups in total. The lowest BCUT2D eigenvalue weighted by Crippen LogP contribution is -2.20. The number of aliphatic hydroxyl groups excluding tert-OH is 1. The molecule has 94 valence electrons. The van der Waals surface area contributed by atoms with Gasteiger partial charge in [0.05, 0.1) is 11.7 Å². The van der Waals surface area contributed by atoms with Crippen LogP contribution in [0.5, 0.6) is 0 Å². The van der Waals surface area contributed by atoms with Crippen LogP contribution in [-0.4, -0.2) is 22.7 Å². The zero-order chi connectivity index (χ0) is 12.5. The van der Waals surface area contributed by atoms with Gasteiger partial charge in [0.25, 0.3) is 0 Å². The van der Waals surface area contributed by atoms with E-state index in [1.54, 1.807) is 17.8 Å². The van der Waals surface area contributed by atoms with Gasteiger partial charge < -0.3 is 5.11 Å². The van der Waals surface area contributed by atoms with Crippen LogP contribution in [0.4, 0.5) is 13.2 Å². The molecule has 1 aromatic rings. The van der Waals surface area contributed by atoms with Crippen molar-refractivity contribution in [3.05, 3.63) is 35.4 Å². The third kappa shape index (κ3) is 3.16. The minimum absolute atomic E-state index is 0.0727. The van der Waals surface area contributed by atoms with E-state index in [0.717, 1.165) is 11.8 Å². The van der Waals surface area contributed by atoms with Crippen LogP contribution in [0.25, 0.3) is 0 Å². The van der Waals surface area contributed by atoms with E-state index in [9.17, 15) is 18.3 Å². The molecule has 0 aromatic heterocycles. The lowest BCUT2D eigenvalue weighted by Gasteiger charge is -2.14. The molecule has 1 nitrogen and oxygen atoms in total. The van der Waals surface area contributed by atoms with E-state index in [1.807, 2.05) is 0 Å². The molecule has 0 spiro atoms. The van der Waals surface area contributed by atoms with Gasteiger partial charge in [0.1, 0.15) is 0 Å². The average Bonchev–Trinajstić information content (AvgIpc) is 2.64.